The number of nitrogens with zero attached hydrogens (tertiary/aromatic N) is 4. The van der Waals surface area contributed by atoms with E-state index in [1.54, 1.807) is 6.20 Å². The van der Waals surface area contributed by atoms with Crippen molar-refractivity contribution >= 4 is 28.5 Å². The van der Waals surface area contributed by atoms with Crippen LogP contribution < -0.4 is 5.32 Å². The largest absolute Gasteiger partial charge is 0.350 e. The van der Waals surface area contributed by atoms with Gasteiger partial charge in [0.05, 0.1) is 22.4 Å². The van der Waals surface area contributed by atoms with Gasteiger partial charge in [0, 0.05) is 35.4 Å². The van der Waals surface area contributed by atoms with Crippen LogP contribution in [-0.4, -0.2) is 45.6 Å². The van der Waals surface area contributed by atoms with E-state index >= 15 is 0 Å². The molecular formula is C24H24ClN5. The molecule has 1 fully saturated rings. The van der Waals surface area contributed by atoms with Crippen LogP contribution in [-0.2, 0) is 0 Å². The second-order valence-corrected chi connectivity index (χ2v) is 8.31. The highest BCUT2D eigenvalue weighted by molar-refractivity contribution is 6.33. The number of hydrogen-bond acceptors (Lipinski definition) is 4. The Kier molecular flexibility index (Phi) is 5.15. The maximum atomic E-state index is 6.58. The third-order valence-electron chi connectivity index (χ3n) is 5.70. The predicted octanol–water partition coefficient (Wildman–Crippen LogP) is 5.25. The topological polar surface area (TPSA) is 46.0 Å². The van der Waals surface area contributed by atoms with Crippen molar-refractivity contribution in [2.75, 3.05) is 25.5 Å². The fraction of sp³-hybridized carbons (Fsp3) is 0.250. The lowest BCUT2D eigenvalue weighted by atomic mass is 10.1. The molecule has 1 saturated heterocycles. The molecule has 1 N–H and O–H groups in total. The number of halogens is 1. The number of hydrogen-bond donors (Lipinski definition) is 1. The number of nitrogens with one attached hydrogen (secondary N) is 1. The Hall–Kier alpha value is -2.89. The van der Waals surface area contributed by atoms with Crippen LogP contribution in [0.4, 0.5) is 5.95 Å². The van der Waals surface area contributed by atoms with Crippen molar-refractivity contribution in [2.24, 2.45) is 0 Å². The lowest BCUT2D eigenvalue weighted by molar-refractivity contribution is 0.260. The van der Waals surface area contributed by atoms with E-state index in [4.69, 9.17) is 16.6 Å². The SMILES string of the molecule is CN1CCC[C@H](Nc2ncc(Cl)c(-c3cn(-c4ccccc4)c4ccccc34)n2)C1. The van der Waals surface area contributed by atoms with Gasteiger partial charge < -0.3 is 14.8 Å². The summed E-state index contributed by atoms with van der Waals surface area (Å²) in [6.45, 7) is 2.14. The molecule has 0 bridgehead atoms. The Balaban J connectivity index is 1.57. The molecule has 6 heteroatoms. The van der Waals surface area contributed by atoms with Crippen molar-refractivity contribution in [1.29, 1.82) is 0 Å². The first-order chi connectivity index (χ1) is 14.7. The molecule has 152 valence electrons. The molecule has 1 aliphatic heterocycles. The zero-order chi connectivity index (χ0) is 20.5. The van der Waals surface area contributed by atoms with Crippen molar-refractivity contribution in [3.63, 3.8) is 0 Å². The van der Waals surface area contributed by atoms with Gasteiger partial charge in [-0.2, -0.15) is 0 Å². The number of rotatable bonds is 4. The zero-order valence-corrected chi connectivity index (χ0v) is 17.7. The fourth-order valence-corrected chi connectivity index (χ4v) is 4.46. The number of anilines is 1. The molecular weight excluding hydrogens is 394 g/mol. The number of benzene rings is 2. The van der Waals surface area contributed by atoms with E-state index in [0.29, 0.717) is 17.0 Å². The van der Waals surface area contributed by atoms with E-state index in [1.807, 2.05) is 24.3 Å². The normalized spacial score (nSPS) is 17.3. The highest BCUT2D eigenvalue weighted by Gasteiger charge is 2.20. The Morgan fingerprint density at radius 3 is 2.70 bits per heavy atom. The lowest BCUT2D eigenvalue weighted by Gasteiger charge is -2.30. The Bertz CT molecular complexity index is 1170. The number of para-hydroxylation sites is 2. The van der Waals surface area contributed by atoms with Gasteiger partial charge in [-0.1, -0.05) is 48.0 Å². The number of aromatic nitrogens is 3. The monoisotopic (exact) mass is 417 g/mol. The smallest absolute Gasteiger partial charge is 0.223 e. The van der Waals surface area contributed by atoms with E-state index in [9.17, 15) is 0 Å². The van der Waals surface area contributed by atoms with Gasteiger partial charge in [0.15, 0.2) is 0 Å². The highest BCUT2D eigenvalue weighted by Crippen LogP contribution is 2.35. The van der Waals surface area contributed by atoms with Gasteiger partial charge in [-0.3, -0.25) is 0 Å². The molecule has 2 aromatic heterocycles. The number of likely N-dealkylation sites (tertiary alicyclic amines) is 1. The minimum absolute atomic E-state index is 0.350. The van der Waals surface area contributed by atoms with Crippen molar-refractivity contribution < 1.29 is 0 Å². The molecule has 2 aromatic carbocycles. The van der Waals surface area contributed by atoms with Gasteiger partial charge in [-0.25, -0.2) is 9.97 Å². The molecule has 3 heterocycles. The molecule has 5 rings (SSSR count). The zero-order valence-electron chi connectivity index (χ0n) is 16.9. The van der Waals surface area contributed by atoms with Crippen LogP contribution in [0.5, 0.6) is 0 Å². The Morgan fingerprint density at radius 1 is 1.07 bits per heavy atom. The first kappa shape index (κ1) is 19.1. The van der Waals surface area contributed by atoms with Crippen molar-refractivity contribution in [2.45, 2.75) is 18.9 Å². The minimum atomic E-state index is 0.350. The predicted molar refractivity (Wildman–Crippen MR) is 123 cm³/mol. The standard InChI is InChI=1S/C24H24ClN5/c1-29-13-7-8-17(15-29)27-24-26-14-21(25)23(28-24)20-16-30(18-9-3-2-4-10-18)22-12-6-5-11-19(20)22/h2-6,9-12,14,16-17H,7-8,13,15H2,1H3,(H,26,27,28)/t17-/m0/s1. The third-order valence-corrected chi connectivity index (χ3v) is 5.98. The number of fused-ring (bicyclic) bond motifs is 1. The van der Waals surface area contributed by atoms with Crippen LogP contribution in [0, 0.1) is 0 Å². The average molecular weight is 418 g/mol. The van der Waals surface area contributed by atoms with Gasteiger partial charge in [0.25, 0.3) is 0 Å². The molecule has 0 spiro atoms. The molecule has 4 aromatic rings. The van der Waals surface area contributed by atoms with E-state index < -0.39 is 0 Å². The lowest BCUT2D eigenvalue weighted by Crippen LogP contribution is -2.40. The van der Waals surface area contributed by atoms with Crippen molar-refractivity contribution in [3.05, 3.63) is 72.0 Å². The average Bonchev–Trinajstić information content (AvgIpc) is 3.15. The number of piperidine rings is 1. The van der Waals surface area contributed by atoms with Crippen LogP contribution in [0.2, 0.25) is 5.02 Å². The molecule has 0 radical (unpaired) electrons. The molecule has 30 heavy (non-hydrogen) atoms. The van der Waals surface area contributed by atoms with Crippen LogP contribution in [0.1, 0.15) is 12.8 Å². The summed E-state index contributed by atoms with van der Waals surface area (Å²) in [7, 11) is 2.15. The summed E-state index contributed by atoms with van der Waals surface area (Å²) < 4.78 is 2.19. The molecule has 1 atom stereocenters. The van der Waals surface area contributed by atoms with Crippen LogP contribution in [0.15, 0.2) is 67.0 Å². The van der Waals surface area contributed by atoms with Gasteiger partial charge in [-0.15, -0.1) is 0 Å². The summed E-state index contributed by atoms with van der Waals surface area (Å²) in [5, 5.41) is 5.17. The molecule has 0 aliphatic carbocycles. The second-order valence-electron chi connectivity index (χ2n) is 7.90. The van der Waals surface area contributed by atoms with E-state index in [2.05, 4.69) is 63.3 Å². The van der Waals surface area contributed by atoms with E-state index in [0.717, 1.165) is 47.4 Å². The molecule has 0 amide bonds. The van der Waals surface area contributed by atoms with Gasteiger partial charge in [0.1, 0.15) is 0 Å². The summed E-state index contributed by atoms with van der Waals surface area (Å²) in [5.74, 6) is 0.631. The highest BCUT2D eigenvalue weighted by atomic mass is 35.5. The van der Waals surface area contributed by atoms with Crippen LogP contribution in [0.25, 0.3) is 27.8 Å². The van der Waals surface area contributed by atoms with E-state index in [1.165, 1.54) is 6.42 Å². The Labute approximate surface area is 181 Å². The van der Waals surface area contributed by atoms with E-state index in [-0.39, 0.29) is 0 Å². The van der Waals surface area contributed by atoms with Crippen LogP contribution >= 0.6 is 11.6 Å². The summed E-state index contributed by atoms with van der Waals surface area (Å²) >= 11 is 6.58. The summed E-state index contributed by atoms with van der Waals surface area (Å²) in [6.07, 6.45) is 6.12. The maximum Gasteiger partial charge on any atom is 0.223 e. The first-order valence-electron chi connectivity index (χ1n) is 10.3. The third kappa shape index (κ3) is 3.66. The van der Waals surface area contributed by atoms with Gasteiger partial charge in [-0.05, 0) is 44.6 Å². The van der Waals surface area contributed by atoms with Crippen molar-refractivity contribution in [3.8, 4) is 16.9 Å². The van der Waals surface area contributed by atoms with Crippen LogP contribution in [0.3, 0.4) is 0 Å². The molecule has 5 nitrogen and oxygen atoms in total. The first-order valence-corrected chi connectivity index (χ1v) is 10.7. The minimum Gasteiger partial charge on any atom is -0.350 e. The Morgan fingerprint density at radius 2 is 1.87 bits per heavy atom. The second kappa shape index (κ2) is 8.09. The molecule has 1 aliphatic rings. The van der Waals surface area contributed by atoms with Gasteiger partial charge >= 0.3 is 0 Å². The molecule has 0 unspecified atom stereocenters. The number of likely N-dealkylation sites (N-methyl/N-ethyl adjacent to an activating group) is 1. The summed E-state index contributed by atoms with van der Waals surface area (Å²) in [4.78, 5) is 11.6. The quantitative estimate of drug-likeness (QED) is 0.492. The van der Waals surface area contributed by atoms with Gasteiger partial charge in [0.2, 0.25) is 5.95 Å². The maximum absolute atomic E-state index is 6.58. The summed E-state index contributed by atoms with van der Waals surface area (Å²) in [6, 6.07) is 19.0. The summed E-state index contributed by atoms with van der Waals surface area (Å²) in [5.41, 5.74) is 3.99. The molecule has 0 saturated carbocycles. The van der Waals surface area contributed by atoms with Crippen molar-refractivity contribution in [1.82, 2.24) is 19.4 Å². The fourth-order valence-electron chi connectivity index (χ4n) is 4.26.